The number of hydrogen-bond donors (Lipinski definition) is 0. The molecule has 18 heavy (non-hydrogen) atoms. The summed E-state index contributed by atoms with van der Waals surface area (Å²) >= 11 is 0. The lowest BCUT2D eigenvalue weighted by molar-refractivity contribution is 0.0347. The molecule has 0 N–H and O–H groups in total. The fourth-order valence-electron chi connectivity index (χ4n) is 1.39. The van der Waals surface area contributed by atoms with Gasteiger partial charge in [-0.15, -0.1) is 12.3 Å². The Morgan fingerprint density at radius 3 is 2.72 bits per heavy atom. The van der Waals surface area contributed by atoms with E-state index in [1.165, 1.54) is 22.9 Å². The van der Waals surface area contributed by atoms with E-state index in [4.69, 9.17) is 11.2 Å². The molecule has 4 heteroatoms. The van der Waals surface area contributed by atoms with Crippen molar-refractivity contribution in [1.29, 1.82) is 0 Å². The molecule has 0 aromatic carbocycles. The van der Waals surface area contributed by atoms with Crippen LogP contribution >= 0.6 is 0 Å². The van der Waals surface area contributed by atoms with Gasteiger partial charge in [-0.25, -0.2) is 4.79 Å². The lowest BCUT2D eigenvalue weighted by atomic mass is 9.91. The zero-order valence-electron chi connectivity index (χ0n) is 10.9. The Morgan fingerprint density at radius 2 is 2.17 bits per heavy atom. The van der Waals surface area contributed by atoms with Crippen LogP contribution in [0, 0.1) is 17.8 Å². The van der Waals surface area contributed by atoms with E-state index in [2.05, 4.69) is 5.92 Å². The predicted octanol–water partition coefficient (Wildman–Crippen LogP) is 1.59. The van der Waals surface area contributed by atoms with E-state index in [1.807, 2.05) is 13.8 Å². The molecule has 0 saturated carbocycles. The number of aryl methyl sites for hydroxylation is 1. The van der Waals surface area contributed by atoms with Crippen LogP contribution in [0.2, 0.25) is 0 Å². The van der Waals surface area contributed by atoms with Crippen LogP contribution in [0.3, 0.4) is 0 Å². The molecule has 0 unspecified atom stereocenters. The maximum atomic E-state index is 11.8. The molecule has 4 nitrogen and oxygen atoms in total. The molecular formula is C14H17NO3. The van der Waals surface area contributed by atoms with E-state index in [0.29, 0.717) is 12.0 Å². The SMILES string of the molecule is C#CCC(C)(C)COC(=O)c1ccc(=O)n(C)c1. The van der Waals surface area contributed by atoms with Crippen LogP contribution in [0.15, 0.2) is 23.1 Å². The first kappa shape index (κ1) is 14.0. The van der Waals surface area contributed by atoms with Crippen LogP contribution in [0.1, 0.15) is 30.6 Å². The fraction of sp³-hybridized carbons (Fsp3) is 0.429. The number of aromatic nitrogens is 1. The summed E-state index contributed by atoms with van der Waals surface area (Å²) in [5.41, 5.74) is -0.0572. The molecular weight excluding hydrogens is 230 g/mol. The van der Waals surface area contributed by atoms with Gasteiger partial charge in [-0.05, 0) is 6.07 Å². The van der Waals surface area contributed by atoms with Gasteiger partial charge < -0.3 is 9.30 Å². The third-order valence-corrected chi connectivity index (χ3v) is 2.50. The van der Waals surface area contributed by atoms with Crippen LogP contribution in [0.4, 0.5) is 0 Å². The largest absolute Gasteiger partial charge is 0.461 e. The Balaban J connectivity index is 2.69. The van der Waals surface area contributed by atoms with Gasteiger partial charge >= 0.3 is 5.97 Å². The number of pyridine rings is 1. The molecule has 0 bridgehead atoms. The van der Waals surface area contributed by atoms with Gasteiger partial charge in [-0.2, -0.15) is 0 Å². The summed E-state index contributed by atoms with van der Waals surface area (Å²) in [6.07, 6.45) is 7.23. The predicted molar refractivity (Wildman–Crippen MR) is 69.2 cm³/mol. The number of carbonyl (C=O) groups excluding carboxylic acids is 1. The zero-order valence-corrected chi connectivity index (χ0v) is 10.9. The molecule has 0 aliphatic carbocycles. The quantitative estimate of drug-likeness (QED) is 0.599. The highest BCUT2D eigenvalue weighted by Crippen LogP contribution is 2.20. The number of terminal acetylenes is 1. The monoisotopic (exact) mass is 247 g/mol. The third kappa shape index (κ3) is 3.77. The molecule has 0 saturated heterocycles. The average molecular weight is 247 g/mol. The molecule has 1 aromatic heterocycles. The van der Waals surface area contributed by atoms with Crippen LogP contribution < -0.4 is 5.56 Å². The molecule has 0 amide bonds. The standard InChI is InChI=1S/C14H17NO3/c1-5-8-14(2,3)10-18-13(17)11-6-7-12(16)15(4)9-11/h1,6-7,9H,8,10H2,2-4H3. The normalized spacial score (nSPS) is 10.8. The summed E-state index contributed by atoms with van der Waals surface area (Å²) in [5, 5.41) is 0. The second kappa shape index (κ2) is 5.54. The van der Waals surface area contributed by atoms with Gasteiger partial charge in [0, 0.05) is 31.1 Å². The second-order valence-electron chi connectivity index (χ2n) is 4.99. The maximum Gasteiger partial charge on any atom is 0.339 e. The summed E-state index contributed by atoms with van der Waals surface area (Å²) in [5.74, 6) is 2.10. The van der Waals surface area contributed by atoms with Gasteiger partial charge in [-0.1, -0.05) is 13.8 Å². The molecule has 0 fully saturated rings. The molecule has 0 atom stereocenters. The Morgan fingerprint density at radius 1 is 1.50 bits per heavy atom. The molecule has 1 heterocycles. The van der Waals surface area contributed by atoms with Crippen molar-refractivity contribution in [2.45, 2.75) is 20.3 Å². The van der Waals surface area contributed by atoms with Crippen molar-refractivity contribution in [1.82, 2.24) is 4.57 Å². The summed E-state index contributed by atoms with van der Waals surface area (Å²) in [6, 6.07) is 2.79. The van der Waals surface area contributed by atoms with E-state index in [0.717, 1.165) is 0 Å². The van der Waals surface area contributed by atoms with Crippen molar-refractivity contribution in [2.24, 2.45) is 12.5 Å². The second-order valence-corrected chi connectivity index (χ2v) is 4.99. The summed E-state index contributed by atoms with van der Waals surface area (Å²) in [4.78, 5) is 23.0. The van der Waals surface area contributed by atoms with Crippen molar-refractivity contribution in [3.05, 3.63) is 34.2 Å². The Labute approximate surface area is 107 Å². The molecule has 0 spiro atoms. The van der Waals surface area contributed by atoms with Gasteiger partial charge in [-0.3, -0.25) is 4.79 Å². The van der Waals surface area contributed by atoms with E-state index in [9.17, 15) is 9.59 Å². The Bertz CT molecular complexity index is 535. The number of hydrogen-bond acceptors (Lipinski definition) is 3. The highest BCUT2D eigenvalue weighted by atomic mass is 16.5. The summed E-state index contributed by atoms with van der Waals surface area (Å²) in [6.45, 7) is 4.11. The number of ether oxygens (including phenoxy) is 1. The lowest BCUT2D eigenvalue weighted by Gasteiger charge is -2.21. The molecule has 0 aliphatic heterocycles. The zero-order chi connectivity index (χ0) is 13.8. The van der Waals surface area contributed by atoms with E-state index >= 15 is 0 Å². The topological polar surface area (TPSA) is 48.3 Å². The first-order valence-electron chi connectivity index (χ1n) is 5.63. The number of nitrogens with zero attached hydrogens (tertiary/aromatic N) is 1. The van der Waals surface area contributed by atoms with Crippen LogP contribution in [0.25, 0.3) is 0 Å². The van der Waals surface area contributed by atoms with Gasteiger partial charge in [0.25, 0.3) is 0 Å². The van der Waals surface area contributed by atoms with E-state index < -0.39 is 5.97 Å². The van der Waals surface area contributed by atoms with Crippen molar-refractivity contribution in [2.75, 3.05) is 6.61 Å². The van der Waals surface area contributed by atoms with Gasteiger partial charge in [0.05, 0.1) is 12.2 Å². The Hall–Kier alpha value is -2.02. The first-order chi connectivity index (χ1) is 8.35. The molecule has 1 rings (SSSR count). The van der Waals surface area contributed by atoms with Crippen molar-refractivity contribution >= 4 is 5.97 Å². The molecule has 0 aliphatic rings. The molecule has 1 aromatic rings. The lowest BCUT2D eigenvalue weighted by Crippen LogP contribution is -2.23. The number of carbonyl (C=O) groups is 1. The van der Waals surface area contributed by atoms with Gasteiger partial charge in [0.2, 0.25) is 5.56 Å². The van der Waals surface area contributed by atoms with Gasteiger partial charge in [0.1, 0.15) is 0 Å². The minimum absolute atomic E-state index is 0.167. The highest BCUT2D eigenvalue weighted by molar-refractivity contribution is 5.88. The fourth-order valence-corrected chi connectivity index (χ4v) is 1.39. The van der Waals surface area contributed by atoms with Crippen LogP contribution in [-0.4, -0.2) is 17.1 Å². The minimum atomic E-state index is -0.448. The first-order valence-corrected chi connectivity index (χ1v) is 5.63. The van der Waals surface area contributed by atoms with Gasteiger partial charge in [0.15, 0.2) is 0 Å². The van der Waals surface area contributed by atoms with Crippen LogP contribution in [-0.2, 0) is 11.8 Å². The highest BCUT2D eigenvalue weighted by Gasteiger charge is 2.19. The minimum Gasteiger partial charge on any atom is -0.461 e. The number of rotatable bonds is 4. The average Bonchev–Trinajstić information content (AvgIpc) is 2.30. The summed E-state index contributed by atoms with van der Waals surface area (Å²) in [7, 11) is 1.58. The Kier molecular flexibility index (Phi) is 4.33. The molecule has 0 radical (unpaired) electrons. The number of esters is 1. The van der Waals surface area contributed by atoms with Crippen molar-refractivity contribution in [3.8, 4) is 12.3 Å². The van der Waals surface area contributed by atoms with Crippen molar-refractivity contribution in [3.63, 3.8) is 0 Å². The maximum absolute atomic E-state index is 11.8. The van der Waals surface area contributed by atoms with Crippen molar-refractivity contribution < 1.29 is 9.53 Å². The summed E-state index contributed by atoms with van der Waals surface area (Å²) < 4.78 is 6.53. The van der Waals surface area contributed by atoms with E-state index in [1.54, 1.807) is 7.05 Å². The molecule has 96 valence electrons. The third-order valence-electron chi connectivity index (χ3n) is 2.50. The van der Waals surface area contributed by atoms with E-state index in [-0.39, 0.29) is 17.6 Å². The smallest absolute Gasteiger partial charge is 0.339 e. The van der Waals surface area contributed by atoms with Crippen LogP contribution in [0.5, 0.6) is 0 Å².